The highest BCUT2D eigenvalue weighted by atomic mass is 19.1. The molecule has 6 nitrogen and oxygen atoms in total. The second-order valence-electron chi connectivity index (χ2n) is 6.94. The first-order valence-corrected chi connectivity index (χ1v) is 9.49. The van der Waals surface area contributed by atoms with E-state index in [1.165, 1.54) is 11.0 Å². The number of benzene rings is 1. The van der Waals surface area contributed by atoms with Crippen molar-refractivity contribution in [1.82, 2.24) is 4.98 Å². The van der Waals surface area contributed by atoms with Gasteiger partial charge < -0.3 is 14.4 Å². The molecular formula is C21H21FN2O4. The standard InChI is InChI=1S/C21H21FN2O4/c1-2-9-27-20-12-14(5-7-23-20)28-19-6-8-24(21(19)26)13-10-16-15(17(22)11-13)3-4-18(16)25/h5,7,10-12,19H,2-4,6,8-9H2,1H3. The second kappa shape index (κ2) is 7.58. The number of carbonyl (C=O) groups is 2. The number of anilines is 1. The fourth-order valence-electron chi connectivity index (χ4n) is 3.59. The van der Waals surface area contributed by atoms with Crippen LogP contribution >= 0.6 is 0 Å². The number of ketones is 1. The lowest BCUT2D eigenvalue weighted by atomic mass is 10.1. The van der Waals surface area contributed by atoms with E-state index < -0.39 is 11.9 Å². The summed E-state index contributed by atoms with van der Waals surface area (Å²) in [5.74, 6) is 0.184. The van der Waals surface area contributed by atoms with Crippen LogP contribution in [0.4, 0.5) is 10.1 Å². The Kier molecular flexibility index (Phi) is 4.98. The normalized spacial score (nSPS) is 18.5. The molecule has 1 unspecified atom stereocenters. The van der Waals surface area contributed by atoms with Gasteiger partial charge in [0.2, 0.25) is 5.88 Å². The molecule has 0 saturated carbocycles. The van der Waals surface area contributed by atoms with Gasteiger partial charge in [-0.1, -0.05) is 6.92 Å². The third kappa shape index (κ3) is 3.44. The van der Waals surface area contributed by atoms with Gasteiger partial charge in [-0.05, 0) is 36.6 Å². The molecule has 0 bridgehead atoms. The monoisotopic (exact) mass is 384 g/mol. The third-order valence-corrected chi connectivity index (χ3v) is 4.99. The van der Waals surface area contributed by atoms with E-state index in [9.17, 15) is 14.0 Å². The number of nitrogens with zero attached hydrogens (tertiary/aromatic N) is 2. The van der Waals surface area contributed by atoms with Gasteiger partial charge in [0, 0.05) is 42.9 Å². The first-order chi connectivity index (χ1) is 13.6. The Morgan fingerprint density at radius 3 is 2.93 bits per heavy atom. The van der Waals surface area contributed by atoms with Crippen LogP contribution in [-0.4, -0.2) is 35.9 Å². The lowest BCUT2D eigenvalue weighted by Gasteiger charge is -2.18. The van der Waals surface area contributed by atoms with Gasteiger partial charge in [-0.25, -0.2) is 9.37 Å². The van der Waals surface area contributed by atoms with Crippen molar-refractivity contribution in [2.24, 2.45) is 0 Å². The first kappa shape index (κ1) is 18.4. The molecule has 2 aliphatic rings. The van der Waals surface area contributed by atoms with Gasteiger partial charge in [0.05, 0.1) is 6.61 Å². The van der Waals surface area contributed by atoms with Crippen LogP contribution in [0.2, 0.25) is 0 Å². The van der Waals surface area contributed by atoms with E-state index in [2.05, 4.69) is 4.98 Å². The lowest BCUT2D eigenvalue weighted by Crippen LogP contribution is -2.32. The number of pyridine rings is 1. The summed E-state index contributed by atoms with van der Waals surface area (Å²) in [4.78, 5) is 30.4. The summed E-state index contributed by atoms with van der Waals surface area (Å²) in [6.07, 6.45) is 2.97. The van der Waals surface area contributed by atoms with Gasteiger partial charge in [-0.15, -0.1) is 0 Å². The molecule has 1 aromatic heterocycles. The average Bonchev–Trinajstić information content (AvgIpc) is 3.24. The molecule has 1 fully saturated rings. The number of ether oxygens (including phenoxy) is 2. The Morgan fingerprint density at radius 1 is 1.25 bits per heavy atom. The number of fused-ring (bicyclic) bond motifs is 1. The molecule has 28 heavy (non-hydrogen) atoms. The van der Waals surface area contributed by atoms with Crippen molar-refractivity contribution in [2.45, 2.75) is 38.7 Å². The quantitative estimate of drug-likeness (QED) is 0.764. The van der Waals surface area contributed by atoms with Crippen LogP contribution in [0.15, 0.2) is 30.5 Å². The molecule has 2 aromatic rings. The van der Waals surface area contributed by atoms with E-state index >= 15 is 0 Å². The Bertz CT molecular complexity index is 931. The second-order valence-corrected chi connectivity index (χ2v) is 6.94. The summed E-state index contributed by atoms with van der Waals surface area (Å²) in [6.45, 7) is 2.96. The molecule has 1 saturated heterocycles. The van der Waals surface area contributed by atoms with Crippen LogP contribution in [0.1, 0.15) is 42.1 Å². The molecule has 146 valence electrons. The van der Waals surface area contributed by atoms with Gasteiger partial charge in [-0.3, -0.25) is 9.59 Å². The summed E-state index contributed by atoms with van der Waals surface area (Å²) in [6, 6.07) is 6.28. The molecule has 1 aliphatic carbocycles. The summed E-state index contributed by atoms with van der Waals surface area (Å²) < 4.78 is 25.7. The van der Waals surface area contributed by atoms with Gasteiger partial charge in [-0.2, -0.15) is 0 Å². The zero-order valence-electron chi connectivity index (χ0n) is 15.6. The van der Waals surface area contributed by atoms with Crippen molar-refractivity contribution in [1.29, 1.82) is 0 Å². The minimum absolute atomic E-state index is 0.0772. The van der Waals surface area contributed by atoms with Crippen LogP contribution in [0.3, 0.4) is 0 Å². The van der Waals surface area contributed by atoms with Gasteiger partial charge in [0.25, 0.3) is 5.91 Å². The predicted octanol–water partition coefficient (Wildman–Crippen LogP) is 3.32. The van der Waals surface area contributed by atoms with E-state index in [0.717, 1.165) is 6.42 Å². The molecule has 1 atom stereocenters. The molecule has 7 heteroatoms. The number of Topliss-reactive ketones (excluding diaryl/α,β-unsaturated/α-hetero) is 1. The van der Waals surface area contributed by atoms with Gasteiger partial charge in [0.15, 0.2) is 11.9 Å². The summed E-state index contributed by atoms with van der Waals surface area (Å²) in [5, 5.41) is 0. The molecule has 0 N–H and O–H groups in total. The summed E-state index contributed by atoms with van der Waals surface area (Å²) >= 11 is 0. The Balaban J connectivity index is 1.49. The fourth-order valence-corrected chi connectivity index (χ4v) is 3.59. The lowest BCUT2D eigenvalue weighted by molar-refractivity contribution is -0.122. The Morgan fingerprint density at radius 2 is 2.11 bits per heavy atom. The molecular weight excluding hydrogens is 363 g/mol. The largest absolute Gasteiger partial charge is 0.480 e. The number of aromatic nitrogens is 1. The third-order valence-electron chi connectivity index (χ3n) is 4.99. The topological polar surface area (TPSA) is 68.7 Å². The van der Waals surface area contributed by atoms with Crippen LogP contribution in [-0.2, 0) is 11.2 Å². The fraction of sp³-hybridized carbons (Fsp3) is 0.381. The highest BCUT2D eigenvalue weighted by Crippen LogP contribution is 2.32. The number of amides is 1. The zero-order chi connectivity index (χ0) is 19.7. The zero-order valence-corrected chi connectivity index (χ0v) is 15.6. The maximum absolute atomic E-state index is 14.4. The summed E-state index contributed by atoms with van der Waals surface area (Å²) in [5.41, 5.74) is 1.24. The molecule has 2 heterocycles. The van der Waals surface area contributed by atoms with Crippen LogP contribution in [0.5, 0.6) is 11.6 Å². The van der Waals surface area contributed by atoms with Crippen molar-refractivity contribution < 1.29 is 23.5 Å². The molecule has 0 spiro atoms. The maximum atomic E-state index is 14.4. The van der Waals surface area contributed by atoms with Gasteiger partial charge >= 0.3 is 0 Å². The van der Waals surface area contributed by atoms with Crippen molar-refractivity contribution in [3.63, 3.8) is 0 Å². The van der Waals surface area contributed by atoms with Crippen molar-refractivity contribution in [3.8, 4) is 11.6 Å². The number of hydrogen-bond donors (Lipinski definition) is 0. The maximum Gasteiger partial charge on any atom is 0.268 e. The SMILES string of the molecule is CCCOc1cc(OC2CCN(c3cc(F)c4c(c3)C(=O)CC4)C2=O)ccn1. The van der Waals surface area contributed by atoms with E-state index in [1.54, 1.807) is 24.4 Å². The predicted molar refractivity (Wildman–Crippen MR) is 100 cm³/mol. The molecule has 0 radical (unpaired) electrons. The minimum atomic E-state index is -0.673. The van der Waals surface area contributed by atoms with Crippen LogP contribution in [0.25, 0.3) is 0 Å². The Hall–Kier alpha value is -2.96. The van der Waals surface area contributed by atoms with Crippen molar-refractivity contribution in [2.75, 3.05) is 18.1 Å². The number of hydrogen-bond acceptors (Lipinski definition) is 5. The highest BCUT2D eigenvalue weighted by Gasteiger charge is 2.36. The van der Waals surface area contributed by atoms with Gasteiger partial charge in [0.1, 0.15) is 11.6 Å². The van der Waals surface area contributed by atoms with Crippen molar-refractivity contribution in [3.05, 3.63) is 47.4 Å². The minimum Gasteiger partial charge on any atom is -0.480 e. The first-order valence-electron chi connectivity index (χ1n) is 9.49. The molecule has 1 amide bonds. The van der Waals surface area contributed by atoms with Crippen molar-refractivity contribution >= 4 is 17.4 Å². The smallest absolute Gasteiger partial charge is 0.268 e. The molecule has 1 aromatic carbocycles. The summed E-state index contributed by atoms with van der Waals surface area (Å²) in [7, 11) is 0. The van der Waals surface area contributed by atoms with E-state index in [1.807, 2.05) is 6.92 Å². The van der Waals surface area contributed by atoms with E-state index in [4.69, 9.17) is 9.47 Å². The highest BCUT2D eigenvalue weighted by molar-refractivity contribution is 6.04. The Labute approximate surface area is 162 Å². The van der Waals surface area contributed by atoms with E-state index in [-0.39, 0.29) is 11.7 Å². The number of carbonyl (C=O) groups excluding carboxylic acids is 2. The van der Waals surface area contributed by atoms with E-state index in [0.29, 0.717) is 60.9 Å². The van der Waals surface area contributed by atoms with Crippen LogP contribution < -0.4 is 14.4 Å². The van der Waals surface area contributed by atoms with Crippen LogP contribution in [0, 0.1) is 5.82 Å². The number of rotatable bonds is 6. The molecule has 4 rings (SSSR count). The average molecular weight is 384 g/mol. The molecule has 1 aliphatic heterocycles. The number of halogens is 1.